The molecular formula is C48H83N15O11. The Labute approximate surface area is 433 Å². The molecule has 1 aliphatic rings. The van der Waals surface area contributed by atoms with Crippen LogP contribution in [0.25, 0.3) is 0 Å². The van der Waals surface area contributed by atoms with Crippen LogP contribution in [0.3, 0.4) is 0 Å². The second-order valence-corrected chi connectivity index (χ2v) is 18.6. The first kappa shape index (κ1) is 63.8. The Kier molecular flexibility index (Phi) is 30.2. The second-order valence-electron chi connectivity index (χ2n) is 18.6. The van der Waals surface area contributed by atoms with Gasteiger partial charge in [-0.2, -0.15) is 0 Å². The highest BCUT2D eigenvalue weighted by molar-refractivity contribution is 5.98. The SMILES string of the molecule is CCNC(=O)C(NC(=O)[C@H](CCN)NC(=O)[C@H](CCN)NC(=O)[C@H](CC(C)C)NC(=O)[C@@H](Cc1ccccc1)NC(=O)[C@H](CCN)NC(=O)CNC(=O)[C@H](CCN)NC(=O)CNC(=O)C[C@@H]1CCCCN1)C(C)O. The topological polar surface area (TPSA) is 427 Å². The van der Waals surface area contributed by atoms with E-state index in [-0.39, 0.29) is 102 Å². The number of carbonyl (C=O) groups excluding carboxylic acids is 10. The lowest BCUT2D eigenvalue weighted by Crippen LogP contribution is -2.61. The van der Waals surface area contributed by atoms with E-state index in [0.717, 1.165) is 25.8 Å². The molecule has 20 N–H and O–H groups in total. The summed E-state index contributed by atoms with van der Waals surface area (Å²) >= 11 is 0. The maximum Gasteiger partial charge on any atom is 0.245 e. The van der Waals surface area contributed by atoms with Crippen LogP contribution in [0.1, 0.15) is 91.0 Å². The van der Waals surface area contributed by atoms with Crippen molar-refractivity contribution in [1.82, 2.24) is 58.5 Å². The fourth-order valence-electron chi connectivity index (χ4n) is 7.89. The van der Waals surface area contributed by atoms with Crippen molar-refractivity contribution >= 4 is 59.1 Å². The Morgan fingerprint density at radius 3 is 1.50 bits per heavy atom. The predicted octanol–water partition coefficient (Wildman–Crippen LogP) is -5.65. The van der Waals surface area contributed by atoms with Crippen LogP contribution in [0.4, 0.5) is 0 Å². The van der Waals surface area contributed by atoms with Crippen molar-refractivity contribution in [2.45, 2.75) is 146 Å². The summed E-state index contributed by atoms with van der Waals surface area (Å²) in [6, 6.07) is -0.316. The van der Waals surface area contributed by atoms with Crippen LogP contribution in [-0.2, 0) is 54.4 Å². The number of hydrogen-bond acceptors (Lipinski definition) is 16. The fraction of sp³-hybridized carbons (Fsp3) is 0.667. The Bertz CT molecular complexity index is 1970. The molecule has 2 rings (SSSR count). The standard InChI is InChI=1S/C48H83N15O11/c1-5-53-48(74)41(29(4)64)63-45(71)35(17-21-52)59-44(70)34(16-20-51)60-46(72)36(23-28(2)3)61-47(73)37(24-30-11-7-6-8-12-30)62-43(69)33(15-19-50)58-40(67)27-56-42(68)32(14-18-49)57-39(66)26-55-38(65)25-31-13-9-10-22-54-31/h6-8,11-12,28-29,31-37,41,54,64H,5,9-10,13-27,49-52H2,1-4H3,(H,53,74)(H,55,65)(H,56,68)(H,57,66)(H,58,67)(H,59,70)(H,60,72)(H,61,73)(H,62,69)(H,63,71)/t29?,31-,32-,33-,34-,35-,36-,37+,41?/m0/s1. The molecule has 416 valence electrons. The molecule has 2 unspecified atom stereocenters. The minimum absolute atomic E-state index is 0.00334. The van der Waals surface area contributed by atoms with Crippen molar-refractivity contribution in [2.24, 2.45) is 28.9 Å². The number of aliphatic hydroxyl groups is 1. The van der Waals surface area contributed by atoms with Crippen molar-refractivity contribution in [2.75, 3.05) is 52.4 Å². The van der Waals surface area contributed by atoms with Gasteiger partial charge in [0.2, 0.25) is 59.1 Å². The molecular weight excluding hydrogens is 963 g/mol. The maximum absolute atomic E-state index is 14.2. The molecule has 0 radical (unpaired) electrons. The Morgan fingerprint density at radius 1 is 0.554 bits per heavy atom. The molecule has 0 aliphatic carbocycles. The van der Waals surface area contributed by atoms with Crippen LogP contribution in [0.15, 0.2) is 30.3 Å². The van der Waals surface area contributed by atoms with Gasteiger partial charge in [0.15, 0.2) is 0 Å². The summed E-state index contributed by atoms with van der Waals surface area (Å²) < 4.78 is 0. The number of piperidine rings is 1. The van der Waals surface area contributed by atoms with Gasteiger partial charge in [-0.15, -0.1) is 0 Å². The minimum Gasteiger partial charge on any atom is -0.391 e. The average molecular weight is 1050 g/mol. The highest BCUT2D eigenvalue weighted by atomic mass is 16.3. The number of likely N-dealkylation sites (N-methyl/N-ethyl adjacent to an activating group) is 1. The van der Waals surface area contributed by atoms with Crippen molar-refractivity contribution < 1.29 is 53.1 Å². The van der Waals surface area contributed by atoms with Gasteiger partial charge in [-0.3, -0.25) is 47.9 Å². The molecule has 1 fully saturated rings. The van der Waals surface area contributed by atoms with Gasteiger partial charge in [0.25, 0.3) is 0 Å². The normalized spacial score (nSPS) is 16.5. The molecule has 9 atom stereocenters. The van der Waals surface area contributed by atoms with Crippen molar-refractivity contribution in [3.05, 3.63) is 35.9 Å². The third kappa shape index (κ3) is 24.1. The van der Waals surface area contributed by atoms with E-state index in [9.17, 15) is 53.1 Å². The quantitative estimate of drug-likeness (QED) is 0.0306. The Morgan fingerprint density at radius 2 is 1.01 bits per heavy atom. The molecule has 0 bridgehead atoms. The van der Waals surface area contributed by atoms with Gasteiger partial charge >= 0.3 is 0 Å². The summed E-state index contributed by atoms with van der Waals surface area (Å²) in [4.78, 5) is 133. The molecule has 10 amide bonds. The molecule has 26 nitrogen and oxygen atoms in total. The van der Waals surface area contributed by atoms with Gasteiger partial charge in [-0.05, 0) is 103 Å². The first-order valence-corrected chi connectivity index (χ1v) is 25.4. The van der Waals surface area contributed by atoms with Crippen LogP contribution < -0.4 is 81.4 Å². The van der Waals surface area contributed by atoms with Crippen LogP contribution in [0.5, 0.6) is 0 Å². The summed E-state index contributed by atoms with van der Waals surface area (Å²) in [6.07, 6.45) is 1.56. The molecule has 26 heteroatoms. The maximum atomic E-state index is 14.2. The van der Waals surface area contributed by atoms with Crippen LogP contribution in [-0.4, -0.2) is 171 Å². The van der Waals surface area contributed by atoms with Gasteiger partial charge in [0, 0.05) is 25.4 Å². The highest BCUT2D eigenvalue weighted by Gasteiger charge is 2.34. The number of aliphatic hydroxyl groups excluding tert-OH is 1. The number of rotatable bonds is 34. The summed E-state index contributed by atoms with van der Waals surface area (Å²) in [5.41, 5.74) is 23.7. The minimum atomic E-state index is -1.34. The molecule has 0 aromatic heterocycles. The zero-order valence-corrected chi connectivity index (χ0v) is 43.2. The van der Waals surface area contributed by atoms with E-state index < -0.39 is 108 Å². The van der Waals surface area contributed by atoms with E-state index in [1.807, 2.05) is 0 Å². The summed E-state index contributed by atoms with van der Waals surface area (Å²) in [7, 11) is 0. The van der Waals surface area contributed by atoms with Crippen LogP contribution in [0, 0.1) is 5.92 Å². The van der Waals surface area contributed by atoms with Gasteiger partial charge < -0.3 is 86.5 Å². The monoisotopic (exact) mass is 1050 g/mol. The molecule has 1 saturated heterocycles. The first-order valence-electron chi connectivity index (χ1n) is 25.4. The number of nitrogens with two attached hydrogens (primary N) is 4. The lowest BCUT2D eigenvalue weighted by molar-refractivity contribution is -0.136. The number of hydrogen-bond donors (Lipinski definition) is 16. The predicted molar refractivity (Wildman–Crippen MR) is 274 cm³/mol. The van der Waals surface area contributed by atoms with Crippen molar-refractivity contribution in [1.29, 1.82) is 0 Å². The lowest BCUT2D eigenvalue weighted by atomic mass is 10.00. The van der Waals surface area contributed by atoms with Crippen LogP contribution in [0.2, 0.25) is 0 Å². The fourth-order valence-corrected chi connectivity index (χ4v) is 7.89. The van der Waals surface area contributed by atoms with Gasteiger partial charge in [0.05, 0.1) is 19.2 Å². The Hall–Kier alpha value is -6.32. The van der Waals surface area contributed by atoms with Crippen molar-refractivity contribution in [3.63, 3.8) is 0 Å². The van der Waals surface area contributed by atoms with Gasteiger partial charge in [0.1, 0.15) is 42.3 Å². The van der Waals surface area contributed by atoms with Gasteiger partial charge in [-0.25, -0.2) is 0 Å². The summed E-state index contributed by atoms with van der Waals surface area (Å²) in [5, 5.41) is 39.0. The zero-order chi connectivity index (χ0) is 55.2. The van der Waals surface area contributed by atoms with E-state index in [4.69, 9.17) is 22.9 Å². The molecule has 74 heavy (non-hydrogen) atoms. The van der Waals surface area contributed by atoms with E-state index in [0.29, 0.717) is 5.56 Å². The van der Waals surface area contributed by atoms with Crippen LogP contribution >= 0.6 is 0 Å². The van der Waals surface area contributed by atoms with Gasteiger partial charge in [-0.1, -0.05) is 50.6 Å². The number of nitrogens with one attached hydrogen (secondary N) is 11. The van der Waals surface area contributed by atoms with E-state index in [1.165, 1.54) is 6.92 Å². The molecule has 1 aromatic carbocycles. The van der Waals surface area contributed by atoms with E-state index >= 15 is 0 Å². The third-order valence-corrected chi connectivity index (χ3v) is 11.8. The van der Waals surface area contributed by atoms with Crippen molar-refractivity contribution in [3.8, 4) is 0 Å². The molecule has 0 spiro atoms. The lowest BCUT2D eigenvalue weighted by Gasteiger charge is -2.28. The second kappa shape index (κ2) is 35.0. The summed E-state index contributed by atoms with van der Waals surface area (Å²) in [5.74, 6) is -7.36. The smallest absolute Gasteiger partial charge is 0.245 e. The molecule has 1 aromatic rings. The number of benzene rings is 1. The molecule has 1 aliphatic heterocycles. The molecule has 1 heterocycles. The average Bonchev–Trinajstić information content (AvgIpc) is 3.35. The zero-order valence-electron chi connectivity index (χ0n) is 43.2. The van der Waals surface area contributed by atoms with E-state index in [1.54, 1.807) is 51.1 Å². The summed E-state index contributed by atoms with van der Waals surface area (Å²) in [6.45, 7) is 6.39. The number of carbonyl (C=O) groups is 10. The number of amides is 10. The molecule has 0 saturated carbocycles. The van der Waals surface area contributed by atoms with E-state index in [2.05, 4.69) is 58.5 Å². The first-order chi connectivity index (χ1) is 35.3. The highest BCUT2D eigenvalue weighted by Crippen LogP contribution is 2.11. The third-order valence-electron chi connectivity index (χ3n) is 11.8. The largest absolute Gasteiger partial charge is 0.391 e. The Balaban J connectivity index is 2.20.